The van der Waals surface area contributed by atoms with Crippen molar-refractivity contribution in [3.8, 4) is 0 Å². The number of carbonyl (C=O) groups is 1. The molecule has 20 heavy (non-hydrogen) atoms. The molecule has 0 spiro atoms. The minimum Gasteiger partial charge on any atom is -0.464 e. The van der Waals surface area contributed by atoms with Gasteiger partial charge in [-0.05, 0) is 57.2 Å². The predicted octanol–water partition coefficient (Wildman–Crippen LogP) is 4.16. The number of benzene rings is 1. The van der Waals surface area contributed by atoms with Gasteiger partial charge in [-0.15, -0.1) is 0 Å². The molecule has 1 atom stereocenters. The minimum atomic E-state index is -0.673. The maximum atomic E-state index is 12.3. The van der Waals surface area contributed by atoms with Crippen LogP contribution in [0.2, 0.25) is 0 Å². The van der Waals surface area contributed by atoms with E-state index in [1.165, 1.54) is 5.56 Å². The Bertz CT molecular complexity index is 442. The number of anilines is 1. The van der Waals surface area contributed by atoms with E-state index < -0.39 is 5.54 Å². The van der Waals surface area contributed by atoms with Gasteiger partial charge in [-0.3, -0.25) is 0 Å². The first-order chi connectivity index (χ1) is 9.37. The minimum absolute atomic E-state index is 0.179. The maximum absolute atomic E-state index is 12.3. The van der Waals surface area contributed by atoms with E-state index in [4.69, 9.17) is 4.74 Å². The summed E-state index contributed by atoms with van der Waals surface area (Å²) in [4.78, 5) is 12.3. The average Bonchev–Trinajstić information content (AvgIpc) is 2.36. The van der Waals surface area contributed by atoms with Crippen LogP contribution in [0.4, 0.5) is 5.69 Å². The fourth-order valence-corrected chi connectivity index (χ4v) is 2.12. The van der Waals surface area contributed by atoms with E-state index >= 15 is 0 Å². The van der Waals surface area contributed by atoms with Gasteiger partial charge < -0.3 is 10.1 Å². The first kappa shape index (κ1) is 16.5. The summed E-state index contributed by atoms with van der Waals surface area (Å²) >= 11 is 0. The van der Waals surface area contributed by atoms with Crippen LogP contribution in [0.25, 0.3) is 0 Å². The quantitative estimate of drug-likeness (QED) is 0.760. The van der Waals surface area contributed by atoms with Gasteiger partial charge in [-0.2, -0.15) is 0 Å². The third kappa shape index (κ3) is 4.87. The van der Waals surface area contributed by atoms with Gasteiger partial charge in [0.25, 0.3) is 0 Å². The molecule has 0 fully saturated rings. The lowest BCUT2D eigenvalue weighted by molar-refractivity contribution is -0.148. The Balaban J connectivity index is 2.88. The van der Waals surface area contributed by atoms with Crippen LogP contribution in [0.3, 0.4) is 0 Å². The molecule has 0 bridgehead atoms. The number of nitrogens with one attached hydrogen (secondary N) is 1. The molecule has 0 heterocycles. The number of esters is 1. The van der Waals surface area contributed by atoms with E-state index in [0.29, 0.717) is 12.5 Å². The highest BCUT2D eigenvalue weighted by atomic mass is 16.5. The molecule has 0 saturated carbocycles. The van der Waals surface area contributed by atoms with Gasteiger partial charge in [0.2, 0.25) is 0 Å². The van der Waals surface area contributed by atoms with Crippen LogP contribution in [0, 0.1) is 12.8 Å². The summed E-state index contributed by atoms with van der Waals surface area (Å²) in [5, 5.41) is 3.36. The number of hydrogen-bond acceptors (Lipinski definition) is 3. The van der Waals surface area contributed by atoms with E-state index in [9.17, 15) is 4.79 Å². The lowest BCUT2D eigenvalue weighted by atomic mass is 9.91. The highest BCUT2D eigenvalue weighted by Crippen LogP contribution is 2.24. The van der Waals surface area contributed by atoms with Crippen LogP contribution in [0.5, 0.6) is 0 Å². The summed E-state index contributed by atoms with van der Waals surface area (Å²) < 4.78 is 5.24. The molecular weight excluding hydrogens is 250 g/mol. The SMILES string of the molecule is CCOC(=O)C(C)(CCC(C)C)Nc1cccc(C)c1. The summed E-state index contributed by atoms with van der Waals surface area (Å²) in [6.45, 7) is 10.5. The predicted molar refractivity (Wildman–Crippen MR) is 83.9 cm³/mol. The highest BCUT2D eigenvalue weighted by Gasteiger charge is 2.34. The van der Waals surface area contributed by atoms with Crippen LogP contribution in [-0.4, -0.2) is 18.1 Å². The zero-order valence-electron chi connectivity index (χ0n) is 13.3. The molecule has 0 amide bonds. The van der Waals surface area contributed by atoms with Crippen molar-refractivity contribution in [1.29, 1.82) is 0 Å². The Morgan fingerprint density at radius 3 is 2.65 bits per heavy atom. The normalized spacial score (nSPS) is 13.9. The lowest BCUT2D eigenvalue weighted by Gasteiger charge is -2.30. The Hall–Kier alpha value is -1.51. The summed E-state index contributed by atoms with van der Waals surface area (Å²) in [6, 6.07) is 8.07. The van der Waals surface area contributed by atoms with Crippen LogP contribution < -0.4 is 5.32 Å². The summed E-state index contributed by atoms with van der Waals surface area (Å²) in [7, 11) is 0. The first-order valence-corrected chi connectivity index (χ1v) is 7.39. The third-order valence-corrected chi connectivity index (χ3v) is 3.39. The smallest absolute Gasteiger partial charge is 0.331 e. The largest absolute Gasteiger partial charge is 0.464 e. The van der Waals surface area contributed by atoms with E-state index in [2.05, 4.69) is 19.2 Å². The molecule has 1 unspecified atom stereocenters. The molecule has 1 aromatic rings. The average molecular weight is 277 g/mol. The molecule has 0 aliphatic carbocycles. The van der Waals surface area contributed by atoms with Crippen molar-refractivity contribution in [3.05, 3.63) is 29.8 Å². The second kappa shape index (κ2) is 7.32. The molecular formula is C17H27NO2. The third-order valence-electron chi connectivity index (χ3n) is 3.39. The summed E-state index contributed by atoms with van der Waals surface area (Å²) in [6.07, 6.45) is 1.74. The molecule has 112 valence electrons. The molecule has 0 aromatic heterocycles. The molecule has 0 saturated heterocycles. The molecule has 3 nitrogen and oxygen atoms in total. The van der Waals surface area contributed by atoms with Gasteiger partial charge >= 0.3 is 5.97 Å². The number of hydrogen-bond donors (Lipinski definition) is 1. The van der Waals surface area contributed by atoms with Crippen LogP contribution in [-0.2, 0) is 9.53 Å². The zero-order chi connectivity index (χ0) is 15.2. The fourth-order valence-electron chi connectivity index (χ4n) is 2.12. The van der Waals surface area contributed by atoms with Crippen molar-refractivity contribution < 1.29 is 9.53 Å². The fraction of sp³-hybridized carbons (Fsp3) is 0.588. The second-order valence-corrected chi connectivity index (χ2v) is 5.98. The van der Waals surface area contributed by atoms with E-state index in [1.807, 2.05) is 45.0 Å². The number of rotatable bonds is 7. The van der Waals surface area contributed by atoms with Crippen molar-refractivity contribution >= 4 is 11.7 Å². The molecule has 0 radical (unpaired) electrons. The molecule has 1 rings (SSSR count). The molecule has 1 N–H and O–H groups in total. The maximum Gasteiger partial charge on any atom is 0.331 e. The topological polar surface area (TPSA) is 38.3 Å². The summed E-state index contributed by atoms with van der Waals surface area (Å²) in [5.41, 5.74) is 1.46. The van der Waals surface area contributed by atoms with Gasteiger partial charge in [0, 0.05) is 5.69 Å². The molecule has 3 heteroatoms. The van der Waals surface area contributed by atoms with Crippen LogP contribution in [0.1, 0.15) is 46.1 Å². The molecule has 0 aliphatic heterocycles. The Kier molecular flexibility index (Phi) is 6.05. The van der Waals surface area contributed by atoms with Crippen molar-refractivity contribution in [3.63, 3.8) is 0 Å². The number of ether oxygens (including phenoxy) is 1. The number of aryl methyl sites for hydroxylation is 1. The van der Waals surface area contributed by atoms with Gasteiger partial charge in [-0.25, -0.2) is 4.79 Å². The standard InChI is InChI=1S/C17H27NO2/c1-6-20-16(19)17(5,11-10-13(2)3)18-15-9-7-8-14(4)12-15/h7-9,12-13,18H,6,10-11H2,1-5H3. The highest BCUT2D eigenvalue weighted by molar-refractivity contribution is 5.84. The number of carbonyl (C=O) groups excluding carboxylic acids is 1. The molecule has 1 aromatic carbocycles. The van der Waals surface area contributed by atoms with Crippen LogP contribution >= 0.6 is 0 Å². The van der Waals surface area contributed by atoms with Crippen LogP contribution in [0.15, 0.2) is 24.3 Å². The van der Waals surface area contributed by atoms with Gasteiger partial charge in [0.05, 0.1) is 6.61 Å². The van der Waals surface area contributed by atoms with Gasteiger partial charge in [-0.1, -0.05) is 26.0 Å². The van der Waals surface area contributed by atoms with Gasteiger partial charge in [0.15, 0.2) is 0 Å². The van der Waals surface area contributed by atoms with Crippen molar-refractivity contribution in [2.45, 2.75) is 53.0 Å². The Morgan fingerprint density at radius 1 is 1.40 bits per heavy atom. The zero-order valence-corrected chi connectivity index (χ0v) is 13.3. The monoisotopic (exact) mass is 277 g/mol. The van der Waals surface area contributed by atoms with E-state index in [-0.39, 0.29) is 5.97 Å². The second-order valence-electron chi connectivity index (χ2n) is 5.98. The first-order valence-electron chi connectivity index (χ1n) is 7.39. The van der Waals surface area contributed by atoms with Gasteiger partial charge in [0.1, 0.15) is 5.54 Å². The summed E-state index contributed by atoms with van der Waals surface area (Å²) in [5.74, 6) is 0.380. The van der Waals surface area contributed by atoms with E-state index in [1.54, 1.807) is 0 Å². The Morgan fingerprint density at radius 2 is 2.10 bits per heavy atom. The van der Waals surface area contributed by atoms with E-state index in [0.717, 1.165) is 18.5 Å². The van der Waals surface area contributed by atoms with Crippen molar-refractivity contribution in [2.24, 2.45) is 5.92 Å². The Labute approximate surface area is 122 Å². The molecule has 0 aliphatic rings. The van der Waals surface area contributed by atoms with Crippen molar-refractivity contribution in [1.82, 2.24) is 0 Å². The van der Waals surface area contributed by atoms with Crippen molar-refractivity contribution in [2.75, 3.05) is 11.9 Å². The lowest BCUT2D eigenvalue weighted by Crippen LogP contribution is -2.45.